The van der Waals surface area contributed by atoms with Crippen molar-refractivity contribution in [3.8, 4) is 23.3 Å². The van der Waals surface area contributed by atoms with E-state index in [1.165, 1.54) is 11.3 Å². The quantitative estimate of drug-likeness (QED) is 0.207. The van der Waals surface area contributed by atoms with Gasteiger partial charge in [-0.1, -0.05) is 53.8 Å². The molecule has 206 valence electrons. The Morgan fingerprint density at radius 3 is 2.41 bits per heavy atom. The topological polar surface area (TPSA) is 111 Å². The first-order valence-electron chi connectivity index (χ1n) is 12.5. The maximum atomic E-state index is 13.7. The van der Waals surface area contributed by atoms with E-state index in [1.807, 2.05) is 30.3 Å². The maximum Gasteiger partial charge on any atom is 0.271 e. The predicted molar refractivity (Wildman–Crippen MR) is 159 cm³/mol. The normalized spacial score (nSPS) is 12.2. The number of nitrogens with zero attached hydrogens (tertiary/aromatic N) is 2. The van der Waals surface area contributed by atoms with Crippen molar-refractivity contribution in [1.82, 2.24) is 4.98 Å². The minimum Gasteiger partial charge on any atom is -0.493 e. The van der Waals surface area contributed by atoms with E-state index in [1.54, 1.807) is 74.9 Å². The number of benzene rings is 4. The van der Waals surface area contributed by atoms with Crippen molar-refractivity contribution < 1.29 is 23.2 Å². The average Bonchev–Trinajstić information content (AvgIpc) is 3.40. The van der Waals surface area contributed by atoms with Gasteiger partial charge < -0.3 is 14.2 Å². The molecule has 0 aliphatic rings. The number of aromatic nitrogens is 1. The first kappa shape index (κ1) is 27.8. The zero-order chi connectivity index (χ0) is 28.8. The van der Waals surface area contributed by atoms with Gasteiger partial charge in [0, 0.05) is 22.6 Å². The summed E-state index contributed by atoms with van der Waals surface area (Å²) >= 11 is 1.29. The van der Waals surface area contributed by atoms with Gasteiger partial charge in [0.05, 0.1) is 52.6 Å². The second-order valence-corrected chi connectivity index (χ2v) is 11.3. The summed E-state index contributed by atoms with van der Waals surface area (Å²) in [5.41, 5.74) is 2.58. The Balaban J connectivity index is 1.45. The molecule has 0 fully saturated rings. The van der Waals surface area contributed by atoms with Crippen molar-refractivity contribution in [3.63, 3.8) is 0 Å². The third kappa shape index (κ3) is 6.54. The monoisotopic (exact) mass is 583 g/mol. The fourth-order valence-corrected chi connectivity index (χ4v) is 6.16. The fourth-order valence-electron chi connectivity index (χ4n) is 4.12. The summed E-state index contributed by atoms with van der Waals surface area (Å²) in [4.78, 5) is 18.8. The number of rotatable bonds is 10. The number of amides is 1. The molecule has 41 heavy (non-hydrogen) atoms. The summed E-state index contributed by atoms with van der Waals surface area (Å²) in [5.74, 6) is 1.38. The minimum atomic E-state index is -1.34. The van der Waals surface area contributed by atoms with Crippen molar-refractivity contribution in [2.75, 3.05) is 19.5 Å². The van der Waals surface area contributed by atoms with Crippen molar-refractivity contribution in [2.24, 2.45) is 0 Å². The number of fused-ring (bicyclic) bond motifs is 1. The molecule has 4 aromatic carbocycles. The van der Waals surface area contributed by atoms with Crippen LogP contribution in [-0.2, 0) is 21.3 Å². The lowest BCUT2D eigenvalue weighted by atomic mass is 10.1. The molecule has 1 aromatic heterocycles. The van der Waals surface area contributed by atoms with E-state index in [9.17, 15) is 9.00 Å². The highest BCUT2D eigenvalue weighted by Crippen LogP contribution is 2.36. The summed E-state index contributed by atoms with van der Waals surface area (Å²) in [5, 5.41) is 12.4. The van der Waals surface area contributed by atoms with Gasteiger partial charge in [-0.05, 0) is 42.0 Å². The Morgan fingerprint density at radius 2 is 1.71 bits per heavy atom. The van der Waals surface area contributed by atoms with Crippen LogP contribution >= 0.6 is 11.3 Å². The Morgan fingerprint density at radius 1 is 0.976 bits per heavy atom. The Hall–Kier alpha value is -4.72. The molecule has 5 aromatic rings. The maximum absolute atomic E-state index is 13.7. The Bertz CT molecular complexity index is 1710. The van der Waals surface area contributed by atoms with Crippen molar-refractivity contribution in [3.05, 3.63) is 108 Å². The predicted octanol–water partition coefficient (Wildman–Crippen LogP) is 6.25. The molecule has 0 radical (unpaired) electrons. The molecule has 0 aliphatic heterocycles. The zero-order valence-corrected chi connectivity index (χ0v) is 23.8. The van der Waals surface area contributed by atoms with Crippen molar-refractivity contribution in [1.29, 1.82) is 5.26 Å². The zero-order valence-electron chi connectivity index (χ0n) is 22.2. The first-order valence-corrected chi connectivity index (χ1v) is 14.6. The van der Waals surface area contributed by atoms with Crippen LogP contribution in [0.2, 0.25) is 0 Å². The number of carbonyl (C=O) groups excluding carboxylic acids is 1. The van der Waals surface area contributed by atoms with Gasteiger partial charge in [-0.15, -0.1) is 0 Å². The molecule has 1 amide bonds. The molecule has 0 saturated carbocycles. The van der Waals surface area contributed by atoms with E-state index in [-0.39, 0.29) is 0 Å². The molecular weight excluding hydrogens is 558 g/mol. The van der Waals surface area contributed by atoms with E-state index in [4.69, 9.17) is 19.5 Å². The van der Waals surface area contributed by atoms with Gasteiger partial charge in [0.25, 0.3) is 5.91 Å². The number of thiazole rings is 1. The molecule has 0 saturated heterocycles. The number of anilines is 1. The van der Waals surface area contributed by atoms with Crippen LogP contribution in [0.15, 0.2) is 95.9 Å². The van der Waals surface area contributed by atoms with Gasteiger partial charge in [-0.3, -0.25) is 14.3 Å². The number of hydrogen-bond donors (Lipinski definition) is 1. The molecular formula is C31H25N3O5S2. The van der Waals surface area contributed by atoms with E-state index >= 15 is 0 Å². The summed E-state index contributed by atoms with van der Waals surface area (Å²) in [6.07, 6.45) is -1.09. The molecule has 0 bridgehead atoms. The van der Waals surface area contributed by atoms with Gasteiger partial charge in [0.1, 0.15) is 5.75 Å². The van der Waals surface area contributed by atoms with Crippen LogP contribution in [0.1, 0.15) is 22.8 Å². The number of nitrogens with one attached hydrogen (secondary N) is 1. The summed E-state index contributed by atoms with van der Waals surface area (Å²) in [6.45, 7) is 0. The summed E-state index contributed by atoms with van der Waals surface area (Å²) in [7, 11) is 1.76. The van der Waals surface area contributed by atoms with Crippen molar-refractivity contribution in [2.45, 2.75) is 16.8 Å². The number of ether oxygens (including phenoxy) is 3. The standard InChI is InChI=1S/C31H25N3O5S2/c1-37-26-16-25-28(17-27(26)38-2)40-31(33-25)34-30(35)29(39-23-13-11-20(18-32)12-14-23)22-9-6-10-24(15-22)41(36)19-21-7-4-3-5-8-21/h3-17,29H,19H2,1-2H3,(H,33,34,35). The van der Waals surface area contributed by atoms with Crippen LogP contribution in [0.3, 0.4) is 0 Å². The second-order valence-electron chi connectivity index (χ2n) is 8.87. The van der Waals surface area contributed by atoms with E-state index in [0.29, 0.717) is 49.7 Å². The van der Waals surface area contributed by atoms with E-state index in [0.717, 1.165) is 10.3 Å². The number of carbonyl (C=O) groups is 1. The third-order valence-corrected chi connectivity index (χ3v) is 8.47. The van der Waals surface area contributed by atoms with Crippen LogP contribution in [-0.4, -0.2) is 29.3 Å². The SMILES string of the molecule is COc1cc2nc(NC(=O)C(Oc3ccc(C#N)cc3)c3cccc(S(=O)Cc4ccccc4)c3)sc2cc1OC. The molecule has 5 rings (SSSR count). The lowest BCUT2D eigenvalue weighted by molar-refractivity contribution is -0.123. The van der Waals surface area contributed by atoms with E-state index < -0.39 is 22.8 Å². The molecule has 1 N–H and O–H groups in total. The number of methoxy groups -OCH3 is 2. The summed E-state index contributed by atoms with van der Waals surface area (Å²) in [6, 6.07) is 28.7. The van der Waals surface area contributed by atoms with Gasteiger partial charge in [-0.25, -0.2) is 4.98 Å². The lowest BCUT2D eigenvalue weighted by Crippen LogP contribution is -2.25. The molecule has 2 atom stereocenters. The summed E-state index contributed by atoms with van der Waals surface area (Å²) < 4.78 is 30.9. The van der Waals surface area contributed by atoms with Crippen LogP contribution in [0.4, 0.5) is 5.13 Å². The average molecular weight is 584 g/mol. The smallest absolute Gasteiger partial charge is 0.271 e. The molecule has 1 heterocycles. The van der Waals surface area contributed by atoms with Crippen LogP contribution in [0, 0.1) is 11.3 Å². The Kier molecular flexibility index (Phi) is 8.58. The molecule has 10 heteroatoms. The minimum absolute atomic E-state index is 0.344. The van der Waals surface area contributed by atoms with Gasteiger partial charge in [0.2, 0.25) is 6.10 Å². The third-order valence-electron chi connectivity index (χ3n) is 6.16. The highest BCUT2D eigenvalue weighted by molar-refractivity contribution is 7.84. The highest BCUT2D eigenvalue weighted by atomic mass is 32.2. The van der Waals surface area contributed by atoms with Crippen molar-refractivity contribution >= 4 is 43.4 Å². The first-order chi connectivity index (χ1) is 20.0. The van der Waals surface area contributed by atoms with Gasteiger partial charge in [-0.2, -0.15) is 5.26 Å². The molecule has 2 unspecified atom stereocenters. The van der Waals surface area contributed by atoms with Crippen LogP contribution in [0.5, 0.6) is 17.2 Å². The molecule has 8 nitrogen and oxygen atoms in total. The highest BCUT2D eigenvalue weighted by Gasteiger charge is 2.25. The van der Waals surface area contributed by atoms with E-state index in [2.05, 4.69) is 16.4 Å². The lowest BCUT2D eigenvalue weighted by Gasteiger charge is -2.19. The largest absolute Gasteiger partial charge is 0.493 e. The fraction of sp³-hybridized carbons (Fsp3) is 0.129. The van der Waals surface area contributed by atoms with Crippen LogP contribution in [0.25, 0.3) is 10.2 Å². The van der Waals surface area contributed by atoms with Gasteiger partial charge in [0.15, 0.2) is 16.6 Å². The second kappa shape index (κ2) is 12.6. The Labute approximate surface area is 243 Å². The van der Waals surface area contributed by atoms with Gasteiger partial charge >= 0.3 is 0 Å². The number of nitriles is 1. The molecule has 0 spiro atoms. The molecule has 0 aliphatic carbocycles. The number of hydrogen-bond acceptors (Lipinski definition) is 8. The van der Waals surface area contributed by atoms with Crippen LogP contribution < -0.4 is 19.5 Å².